The number of nitrogens with zero attached hydrogens (tertiary/aromatic N) is 2. The Morgan fingerprint density at radius 3 is 0.889 bits per heavy atom. The largest absolute Gasteiger partial charge is 0.309 e. The molecule has 0 N–H and O–H groups in total. The zero-order chi connectivity index (χ0) is 30.4. The predicted molar refractivity (Wildman–Crippen MR) is 192 cm³/mol. The van der Waals surface area contributed by atoms with Crippen LogP contribution in [0.1, 0.15) is 47.2 Å². The number of rotatable bonds is 4. The highest BCUT2D eigenvalue weighted by molar-refractivity contribution is 5.94. The van der Waals surface area contributed by atoms with Gasteiger partial charge in [-0.15, -0.1) is 0 Å². The first-order valence-corrected chi connectivity index (χ1v) is 15.6. The Morgan fingerprint density at radius 1 is 0.333 bits per heavy atom. The zero-order valence-electron chi connectivity index (χ0n) is 25.6. The van der Waals surface area contributed by atoms with E-state index in [0.717, 1.165) is 11.4 Å². The molecule has 0 bridgehead atoms. The van der Waals surface area contributed by atoms with E-state index in [1.54, 1.807) is 0 Å². The summed E-state index contributed by atoms with van der Waals surface area (Å²) in [5, 5.41) is 0. The van der Waals surface area contributed by atoms with E-state index < -0.39 is 0 Å². The van der Waals surface area contributed by atoms with Crippen LogP contribution in [0.4, 0.5) is 34.1 Å². The highest BCUT2D eigenvalue weighted by atomic mass is 15.2. The van der Waals surface area contributed by atoms with Crippen LogP contribution in [0.5, 0.6) is 0 Å². The van der Waals surface area contributed by atoms with Gasteiger partial charge in [0.25, 0.3) is 0 Å². The van der Waals surface area contributed by atoms with Gasteiger partial charge in [-0.1, -0.05) is 135 Å². The minimum atomic E-state index is -0.177. The van der Waals surface area contributed by atoms with Crippen LogP contribution < -0.4 is 9.80 Å². The molecule has 216 valence electrons. The van der Waals surface area contributed by atoms with Gasteiger partial charge < -0.3 is 9.80 Å². The van der Waals surface area contributed by atoms with Gasteiger partial charge in [0.05, 0.1) is 22.7 Å². The standard InChI is InChI=1S/C43H34N2/c1-43(2,35-23-27-37(28-24-35)44-39-15-7-3-11-31(39)19-20-32-12-4-8-16-40(32)44)36-25-29-38(30-26-36)45-41-17-9-5-13-33(41)21-22-34-14-6-10-18-42(34)45/h3-30H,1-2H3. The smallest absolute Gasteiger partial charge is 0.0534 e. The molecule has 6 aromatic rings. The van der Waals surface area contributed by atoms with Gasteiger partial charge in [-0.3, -0.25) is 0 Å². The maximum absolute atomic E-state index is 2.38. The van der Waals surface area contributed by atoms with Crippen molar-refractivity contribution in [2.24, 2.45) is 0 Å². The van der Waals surface area contributed by atoms with Crippen LogP contribution in [0.3, 0.4) is 0 Å². The van der Waals surface area contributed by atoms with Crippen LogP contribution in [-0.2, 0) is 5.41 Å². The van der Waals surface area contributed by atoms with E-state index in [-0.39, 0.29) is 5.41 Å². The maximum Gasteiger partial charge on any atom is 0.0534 e. The molecular formula is C43H34N2. The van der Waals surface area contributed by atoms with E-state index in [2.05, 4.69) is 194 Å². The third kappa shape index (κ3) is 4.67. The summed E-state index contributed by atoms with van der Waals surface area (Å²) in [7, 11) is 0. The number of hydrogen-bond acceptors (Lipinski definition) is 2. The van der Waals surface area contributed by atoms with Crippen LogP contribution in [0.2, 0.25) is 0 Å². The Morgan fingerprint density at radius 2 is 0.600 bits per heavy atom. The van der Waals surface area contributed by atoms with E-state index in [1.807, 2.05) is 0 Å². The van der Waals surface area contributed by atoms with Crippen molar-refractivity contribution in [2.45, 2.75) is 19.3 Å². The van der Waals surface area contributed by atoms with Gasteiger partial charge in [0.1, 0.15) is 0 Å². The summed E-state index contributed by atoms with van der Waals surface area (Å²) < 4.78 is 0. The van der Waals surface area contributed by atoms with Crippen molar-refractivity contribution in [1.82, 2.24) is 0 Å². The summed E-state index contributed by atoms with van der Waals surface area (Å²) in [5.74, 6) is 0. The number of para-hydroxylation sites is 4. The Kier molecular flexibility index (Phi) is 6.50. The highest BCUT2D eigenvalue weighted by Crippen LogP contribution is 2.44. The molecule has 2 aliphatic heterocycles. The molecule has 0 saturated heterocycles. The summed E-state index contributed by atoms with van der Waals surface area (Å²) in [5.41, 5.74) is 14.3. The van der Waals surface area contributed by atoms with Crippen molar-refractivity contribution in [3.63, 3.8) is 0 Å². The molecule has 2 heteroatoms. The fraction of sp³-hybridized carbons (Fsp3) is 0.0698. The zero-order valence-corrected chi connectivity index (χ0v) is 25.6. The number of anilines is 6. The molecule has 2 nitrogen and oxygen atoms in total. The Hall–Kier alpha value is -5.60. The van der Waals surface area contributed by atoms with Crippen LogP contribution in [0.25, 0.3) is 24.3 Å². The molecule has 2 aliphatic rings. The molecule has 0 atom stereocenters. The van der Waals surface area contributed by atoms with Crippen molar-refractivity contribution in [3.05, 3.63) is 179 Å². The average Bonchev–Trinajstić information content (AvgIpc) is 3.37. The lowest BCUT2D eigenvalue weighted by atomic mass is 9.78. The van der Waals surface area contributed by atoms with Gasteiger partial charge >= 0.3 is 0 Å². The molecule has 0 saturated carbocycles. The third-order valence-corrected chi connectivity index (χ3v) is 9.29. The Balaban J connectivity index is 1.13. The summed E-state index contributed by atoms with van der Waals surface area (Å²) in [6.45, 7) is 4.63. The van der Waals surface area contributed by atoms with E-state index in [1.165, 1.54) is 56.1 Å². The molecule has 0 unspecified atom stereocenters. The Labute approximate surface area is 265 Å². The first-order chi connectivity index (χ1) is 22.1. The maximum atomic E-state index is 2.38. The molecule has 2 heterocycles. The van der Waals surface area contributed by atoms with Crippen molar-refractivity contribution in [2.75, 3.05) is 9.80 Å². The third-order valence-electron chi connectivity index (χ3n) is 9.29. The molecule has 0 radical (unpaired) electrons. The van der Waals surface area contributed by atoms with Crippen LogP contribution >= 0.6 is 0 Å². The van der Waals surface area contributed by atoms with Gasteiger partial charge in [0.15, 0.2) is 0 Å². The predicted octanol–water partition coefficient (Wildman–Crippen LogP) is 11.9. The van der Waals surface area contributed by atoms with Crippen LogP contribution in [-0.4, -0.2) is 0 Å². The molecule has 0 spiro atoms. The second-order valence-electron chi connectivity index (χ2n) is 12.3. The van der Waals surface area contributed by atoms with Crippen LogP contribution in [0.15, 0.2) is 146 Å². The lowest BCUT2D eigenvalue weighted by Crippen LogP contribution is -2.20. The second kappa shape index (κ2) is 10.8. The summed E-state index contributed by atoms with van der Waals surface area (Å²) in [4.78, 5) is 4.75. The molecule has 0 aromatic heterocycles. The normalized spacial score (nSPS) is 13.3. The van der Waals surface area contributed by atoms with Gasteiger partial charge in [0.2, 0.25) is 0 Å². The van der Waals surface area contributed by atoms with E-state index >= 15 is 0 Å². The average molecular weight is 579 g/mol. The Bertz CT molecular complexity index is 1830. The highest BCUT2D eigenvalue weighted by Gasteiger charge is 2.26. The molecule has 0 aliphatic carbocycles. The summed E-state index contributed by atoms with van der Waals surface area (Å²) in [6, 6.07) is 52.7. The van der Waals surface area contributed by atoms with Crippen LogP contribution in [0, 0.1) is 0 Å². The van der Waals surface area contributed by atoms with E-state index in [9.17, 15) is 0 Å². The van der Waals surface area contributed by atoms with Crippen molar-refractivity contribution >= 4 is 58.4 Å². The summed E-state index contributed by atoms with van der Waals surface area (Å²) >= 11 is 0. The topological polar surface area (TPSA) is 6.48 Å². The molecule has 45 heavy (non-hydrogen) atoms. The monoisotopic (exact) mass is 578 g/mol. The minimum Gasteiger partial charge on any atom is -0.309 e. The first kappa shape index (κ1) is 27.0. The molecule has 6 aromatic carbocycles. The van der Waals surface area contributed by atoms with Gasteiger partial charge in [-0.05, 0) is 81.9 Å². The lowest BCUT2D eigenvalue weighted by Gasteiger charge is -2.31. The van der Waals surface area contributed by atoms with E-state index in [4.69, 9.17) is 0 Å². The summed E-state index contributed by atoms with van der Waals surface area (Å²) in [6.07, 6.45) is 8.87. The quantitative estimate of drug-likeness (QED) is 0.205. The number of hydrogen-bond donors (Lipinski definition) is 0. The molecule has 8 rings (SSSR count). The SMILES string of the molecule is CC(C)(c1ccc(N2c3ccccc3C=Cc3ccccc32)cc1)c1ccc(N2c3ccccc3C=Cc3ccccc32)cc1. The first-order valence-electron chi connectivity index (χ1n) is 15.6. The van der Waals surface area contributed by atoms with E-state index in [0.29, 0.717) is 0 Å². The van der Waals surface area contributed by atoms with Crippen molar-refractivity contribution in [1.29, 1.82) is 0 Å². The fourth-order valence-electron chi connectivity index (χ4n) is 6.72. The molecule has 0 amide bonds. The van der Waals surface area contributed by atoms with Crippen molar-refractivity contribution in [3.8, 4) is 0 Å². The van der Waals surface area contributed by atoms with Gasteiger partial charge in [-0.2, -0.15) is 0 Å². The molecule has 0 fully saturated rings. The van der Waals surface area contributed by atoms with Gasteiger partial charge in [0, 0.05) is 16.8 Å². The fourth-order valence-corrected chi connectivity index (χ4v) is 6.72. The second-order valence-corrected chi connectivity index (χ2v) is 12.3. The number of fused-ring (bicyclic) bond motifs is 4. The molecular weight excluding hydrogens is 544 g/mol. The number of benzene rings is 6. The minimum absolute atomic E-state index is 0.177. The van der Waals surface area contributed by atoms with Gasteiger partial charge in [-0.25, -0.2) is 0 Å². The van der Waals surface area contributed by atoms with Crippen molar-refractivity contribution < 1.29 is 0 Å². The lowest BCUT2D eigenvalue weighted by molar-refractivity contribution is 0.641.